The molecule has 0 heterocycles. The van der Waals surface area contributed by atoms with Gasteiger partial charge in [-0.2, -0.15) is 0 Å². The zero-order valence-electron chi connectivity index (χ0n) is 9.44. The zero-order valence-corrected chi connectivity index (χ0v) is 11.8. The van der Waals surface area contributed by atoms with Crippen molar-refractivity contribution in [2.45, 2.75) is 6.36 Å². The average Bonchev–Trinajstić information content (AvgIpc) is 2.17. The molecule has 0 saturated carbocycles. The first kappa shape index (κ1) is 16.6. The first-order chi connectivity index (χ1) is 8.98. The monoisotopic (exact) mass is 377 g/mol. The van der Waals surface area contributed by atoms with Crippen molar-refractivity contribution in [2.24, 2.45) is 0 Å². The van der Waals surface area contributed by atoms with Crippen LogP contribution in [0.4, 0.5) is 18.9 Å². The molecule has 1 aromatic rings. The minimum atomic E-state index is -5.02. The Morgan fingerprint density at radius 3 is 2.50 bits per heavy atom. The third-order valence-electron chi connectivity index (χ3n) is 1.75. The highest BCUT2D eigenvalue weighted by atomic mass is 79.9. The molecule has 2 N–H and O–H groups in total. The largest absolute Gasteiger partial charge is 0.573 e. The summed E-state index contributed by atoms with van der Waals surface area (Å²) in [5.74, 6) is -3.73. The lowest BCUT2D eigenvalue weighted by Gasteiger charge is -2.14. The number of aliphatic carboxylic acids is 1. The van der Waals surface area contributed by atoms with Gasteiger partial charge < -0.3 is 9.84 Å². The Hall–Kier alpha value is -1.49. The summed E-state index contributed by atoms with van der Waals surface area (Å²) >= 11 is 2.91. The summed E-state index contributed by atoms with van der Waals surface area (Å²) in [4.78, 5) is 10.3. The van der Waals surface area contributed by atoms with Gasteiger partial charge in [0.1, 0.15) is 0 Å². The first-order valence-corrected chi connectivity index (χ1v) is 7.20. The second-order valence-electron chi connectivity index (χ2n) is 3.44. The Morgan fingerprint density at radius 1 is 1.40 bits per heavy atom. The van der Waals surface area contributed by atoms with E-state index in [1.807, 2.05) is 0 Å². The van der Waals surface area contributed by atoms with Gasteiger partial charge in [-0.25, -0.2) is 8.42 Å². The van der Waals surface area contributed by atoms with Gasteiger partial charge in [0.15, 0.2) is 11.5 Å². The van der Waals surface area contributed by atoms with Gasteiger partial charge in [-0.05, 0) is 18.2 Å². The van der Waals surface area contributed by atoms with Gasteiger partial charge >= 0.3 is 12.3 Å². The SMILES string of the molecule is O=C(O)CS(=O)(=O)Nc1ccc(Br)cc1OC(F)(F)F. The fourth-order valence-electron chi connectivity index (χ4n) is 1.16. The number of rotatable bonds is 5. The van der Waals surface area contributed by atoms with E-state index in [1.165, 1.54) is 6.07 Å². The molecule has 1 rings (SSSR count). The summed E-state index contributed by atoms with van der Waals surface area (Å²) in [7, 11) is -4.34. The van der Waals surface area contributed by atoms with E-state index in [0.29, 0.717) is 0 Å². The first-order valence-electron chi connectivity index (χ1n) is 4.76. The fourth-order valence-corrected chi connectivity index (χ4v) is 2.40. The van der Waals surface area contributed by atoms with E-state index in [-0.39, 0.29) is 4.47 Å². The predicted molar refractivity (Wildman–Crippen MR) is 65.9 cm³/mol. The molecule has 0 aliphatic heterocycles. The summed E-state index contributed by atoms with van der Waals surface area (Å²) in [6, 6.07) is 3.17. The van der Waals surface area contributed by atoms with Crippen LogP contribution in [0, 0.1) is 0 Å². The molecule has 0 spiro atoms. The summed E-state index contributed by atoms with van der Waals surface area (Å²) in [6.07, 6.45) is -5.02. The van der Waals surface area contributed by atoms with Crippen LogP contribution in [0.3, 0.4) is 0 Å². The molecular formula is C9H7BrF3NO5S. The van der Waals surface area contributed by atoms with E-state index in [1.54, 1.807) is 4.72 Å². The van der Waals surface area contributed by atoms with E-state index >= 15 is 0 Å². The quantitative estimate of drug-likeness (QED) is 0.820. The van der Waals surface area contributed by atoms with Crippen molar-refractivity contribution >= 4 is 37.6 Å². The third kappa shape index (κ3) is 5.65. The van der Waals surface area contributed by atoms with Crippen molar-refractivity contribution in [3.63, 3.8) is 0 Å². The van der Waals surface area contributed by atoms with Crippen LogP contribution in [0.25, 0.3) is 0 Å². The second kappa shape index (κ2) is 5.87. The van der Waals surface area contributed by atoms with Crippen LogP contribution in [0.1, 0.15) is 0 Å². The number of nitrogens with one attached hydrogen (secondary N) is 1. The van der Waals surface area contributed by atoms with Crippen LogP contribution in [-0.4, -0.2) is 31.6 Å². The van der Waals surface area contributed by atoms with Gasteiger partial charge in [0.25, 0.3) is 0 Å². The lowest BCUT2D eigenvalue weighted by atomic mass is 10.3. The number of alkyl halides is 3. The normalized spacial score (nSPS) is 12.0. The van der Waals surface area contributed by atoms with Gasteiger partial charge in [-0.15, -0.1) is 13.2 Å². The molecule has 0 radical (unpaired) electrons. The van der Waals surface area contributed by atoms with Crippen LogP contribution in [0.15, 0.2) is 22.7 Å². The average molecular weight is 378 g/mol. The number of anilines is 1. The van der Waals surface area contributed by atoms with Crippen molar-refractivity contribution in [3.8, 4) is 5.75 Å². The molecule has 0 aliphatic carbocycles. The number of carboxylic acid groups (broad SMARTS) is 1. The molecular weight excluding hydrogens is 371 g/mol. The number of halogens is 4. The maximum Gasteiger partial charge on any atom is 0.573 e. The molecule has 0 saturated heterocycles. The number of benzene rings is 1. The van der Waals surface area contributed by atoms with E-state index in [2.05, 4.69) is 20.7 Å². The molecule has 1 aromatic carbocycles. The maximum absolute atomic E-state index is 12.2. The van der Waals surface area contributed by atoms with E-state index in [0.717, 1.165) is 12.1 Å². The third-order valence-corrected chi connectivity index (χ3v) is 3.40. The molecule has 0 fully saturated rings. The van der Waals surface area contributed by atoms with Crippen LogP contribution in [-0.2, 0) is 14.8 Å². The van der Waals surface area contributed by atoms with Crippen molar-refractivity contribution in [1.82, 2.24) is 0 Å². The van der Waals surface area contributed by atoms with Gasteiger partial charge in [0.05, 0.1) is 5.69 Å². The molecule has 20 heavy (non-hydrogen) atoms. The van der Waals surface area contributed by atoms with Crippen LogP contribution in [0.5, 0.6) is 5.75 Å². The van der Waals surface area contributed by atoms with Crippen molar-refractivity contribution in [3.05, 3.63) is 22.7 Å². The molecule has 0 aliphatic rings. The van der Waals surface area contributed by atoms with Gasteiger partial charge in [-0.1, -0.05) is 15.9 Å². The summed E-state index contributed by atoms with van der Waals surface area (Å²) in [5.41, 5.74) is -0.522. The van der Waals surface area contributed by atoms with Crippen molar-refractivity contribution in [2.75, 3.05) is 10.5 Å². The van der Waals surface area contributed by atoms with Crippen LogP contribution < -0.4 is 9.46 Å². The zero-order chi connectivity index (χ0) is 15.6. The number of carboxylic acids is 1. The maximum atomic E-state index is 12.2. The number of ether oxygens (including phenoxy) is 1. The van der Waals surface area contributed by atoms with Gasteiger partial charge in [0.2, 0.25) is 10.0 Å². The standard InChI is InChI=1S/C9H7BrF3NO5S/c10-5-1-2-6(7(3-5)19-9(11,12)13)14-20(17,18)4-8(15)16/h1-3,14H,4H2,(H,15,16). The molecule has 11 heteroatoms. The smallest absolute Gasteiger partial charge is 0.480 e. The fraction of sp³-hybridized carbons (Fsp3) is 0.222. The Balaban J connectivity index is 3.09. The highest BCUT2D eigenvalue weighted by Gasteiger charge is 2.32. The summed E-state index contributed by atoms with van der Waals surface area (Å²) in [5, 5.41) is 8.39. The van der Waals surface area contributed by atoms with Crippen LogP contribution >= 0.6 is 15.9 Å². The van der Waals surface area contributed by atoms with E-state index < -0.39 is 39.5 Å². The lowest BCUT2D eigenvalue weighted by Crippen LogP contribution is -2.24. The summed E-state index contributed by atoms with van der Waals surface area (Å²) < 4.78 is 64.9. The highest BCUT2D eigenvalue weighted by molar-refractivity contribution is 9.10. The summed E-state index contributed by atoms with van der Waals surface area (Å²) in [6.45, 7) is 0. The molecule has 112 valence electrons. The minimum Gasteiger partial charge on any atom is -0.480 e. The van der Waals surface area contributed by atoms with Gasteiger partial charge in [-0.3, -0.25) is 9.52 Å². The van der Waals surface area contributed by atoms with E-state index in [9.17, 15) is 26.4 Å². The highest BCUT2D eigenvalue weighted by Crippen LogP contribution is 2.33. The van der Waals surface area contributed by atoms with Crippen molar-refractivity contribution in [1.29, 1.82) is 0 Å². The predicted octanol–water partition coefficient (Wildman–Crippen LogP) is 2.17. The van der Waals surface area contributed by atoms with Gasteiger partial charge in [0, 0.05) is 4.47 Å². The number of carbonyl (C=O) groups is 1. The van der Waals surface area contributed by atoms with Crippen LogP contribution in [0.2, 0.25) is 0 Å². The molecule has 6 nitrogen and oxygen atoms in total. The Bertz CT molecular complexity index is 616. The Labute approximate surface area is 119 Å². The molecule has 0 aromatic heterocycles. The molecule has 0 amide bonds. The number of hydrogen-bond acceptors (Lipinski definition) is 4. The lowest BCUT2D eigenvalue weighted by molar-refractivity contribution is -0.274. The second-order valence-corrected chi connectivity index (χ2v) is 6.08. The molecule has 0 atom stereocenters. The topological polar surface area (TPSA) is 92.7 Å². The Morgan fingerprint density at radius 2 is 2.00 bits per heavy atom. The van der Waals surface area contributed by atoms with Crippen molar-refractivity contribution < 1.29 is 36.2 Å². The Kier molecular flexibility index (Phi) is 4.86. The number of hydrogen-bond donors (Lipinski definition) is 2. The molecule has 0 unspecified atom stereocenters. The number of sulfonamides is 1. The van der Waals surface area contributed by atoms with E-state index in [4.69, 9.17) is 5.11 Å². The minimum absolute atomic E-state index is 0.220. The molecule has 0 bridgehead atoms.